The van der Waals surface area contributed by atoms with E-state index in [0.29, 0.717) is 5.92 Å². The molecule has 0 fully saturated rings. The van der Waals surface area contributed by atoms with Crippen molar-refractivity contribution in [2.45, 2.75) is 47.0 Å². The number of carbonyl (C=O) groups is 1. The number of hydrogen-bond acceptors (Lipinski definition) is 2. The van der Waals surface area contributed by atoms with Gasteiger partial charge in [0.1, 0.15) is 6.29 Å². The van der Waals surface area contributed by atoms with E-state index in [1.165, 1.54) is 6.42 Å². The highest BCUT2D eigenvalue weighted by Gasteiger charge is 2.24. The summed E-state index contributed by atoms with van der Waals surface area (Å²) in [5.41, 5.74) is -0.156. The Morgan fingerprint density at radius 3 is 2.40 bits per heavy atom. The molecule has 15 heavy (non-hydrogen) atoms. The quantitative estimate of drug-likeness (QED) is 0.578. The third-order valence-electron chi connectivity index (χ3n) is 3.06. The Bertz CT molecular complexity index is 181. The van der Waals surface area contributed by atoms with Crippen molar-refractivity contribution >= 4 is 6.29 Å². The molecule has 0 heterocycles. The first-order valence-electron chi connectivity index (χ1n) is 6.12. The van der Waals surface area contributed by atoms with E-state index in [-0.39, 0.29) is 5.41 Å². The molecule has 2 unspecified atom stereocenters. The van der Waals surface area contributed by atoms with Crippen LogP contribution in [-0.4, -0.2) is 31.3 Å². The minimum absolute atomic E-state index is 0.156. The second-order valence-corrected chi connectivity index (χ2v) is 5.23. The van der Waals surface area contributed by atoms with Crippen LogP contribution in [0.2, 0.25) is 0 Å². The lowest BCUT2D eigenvalue weighted by molar-refractivity contribution is -0.116. The van der Waals surface area contributed by atoms with Crippen LogP contribution in [-0.2, 0) is 4.79 Å². The zero-order valence-electron chi connectivity index (χ0n) is 11.0. The van der Waals surface area contributed by atoms with Crippen LogP contribution in [0.1, 0.15) is 47.0 Å². The van der Waals surface area contributed by atoms with E-state index in [1.807, 2.05) is 0 Å². The van der Waals surface area contributed by atoms with Gasteiger partial charge in [-0.1, -0.05) is 40.5 Å². The van der Waals surface area contributed by atoms with Crippen LogP contribution in [0, 0.1) is 11.3 Å². The van der Waals surface area contributed by atoms with E-state index in [1.54, 1.807) is 0 Å². The number of aldehydes is 1. The number of rotatable bonds is 8. The van der Waals surface area contributed by atoms with E-state index in [4.69, 9.17) is 0 Å². The first-order chi connectivity index (χ1) is 6.97. The van der Waals surface area contributed by atoms with Crippen molar-refractivity contribution in [3.05, 3.63) is 0 Å². The summed E-state index contributed by atoms with van der Waals surface area (Å²) in [7, 11) is 2.11. The zero-order chi connectivity index (χ0) is 11.9. The average molecular weight is 213 g/mol. The van der Waals surface area contributed by atoms with Crippen molar-refractivity contribution in [2.75, 3.05) is 20.1 Å². The minimum atomic E-state index is -0.156. The Balaban J connectivity index is 4.11. The fourth-order valence-corrected chi connectivity index (χ4v) is 2.09. The molecule has 2 heteroatoms. The maximum Gasteiger partial charge on any atom is 0.127 e. The second-order valence-electron chi connectivity index (χ2n) is 5.23. The highest BCUT2D eigenvalue weighted by molar-refractivity contribution is 5.58. The molecule has 90 valence electrons. The molecule has 0 aromatic heterocycles. The molecule has 0 aromatic rings. The third-order valence-corrected chi connectivity index (χ3v) is 3.06. The van der Waals surface area contributed by atoms with Gasteiger partial charge in [-0.25, -0.2) is 0 Å². The normalized spacial score (nSPS) is 17.5. The van der Waals surface area contributed by atoms with Gasteiger partial charge < -0.3 is 9.69 Å². The van der Waals surface area contributed by atoms with Crippen LogP contribution in [0.15, 0.2) is 0 Å². The summed E-state index contributed by atoms with van der Waals surface area (Å²) in [6.07, 6.45) is 4.40. The molecule has 2 atom stereocenters. The molecule has 0 aliphatic heterocycles. The molecule has 2 nitrogen and oxygen atoms in total. The molecular weight excluding hydrogens is 186 g/mol. The van der Waals surface area contributed by atoms with Crippen LogP contribution < -0.4 is 0 Å². The molecule has 0 saturated heterocycles. The monoisotopic (exact) mass is 213 g/mol. The van der Waals surface area contributed by atoms with Gasteiger partial charge in [-0.2, -0.15) is 0 Å². The van der Waals surface area contributed by atoms with Crippen molar-refractivity contribution in [2.24, 2.45) is 11.3 Å². The average Bonchev–Trinajstić information content (AvgIpc) is 2.17. The molecule has 0 spiro atoms. The largest absolute Gasteiger partial charge is 0.305 e. The Labute approximate surface area is 95.0 Å². The molecule has 0 bridgehead atoms. The topological polar surface area (TPSA) is 20.3 Å². The summed E-state index contributed by atoms with van der Waals surface area (Å²) in [6.45, 7) is 10.6. The summed E-state index contributed by atoms with van der Waals surface area (Å²) in [5, 5.41) is 0. The molecule has 0 radical (unpaired) electrons. The van der Waals surface area contributed by atoms with Gasteiger partial charge in [0.2, 0.25) is 0 Å². The van der Waals surface area contributed by atoms with Gasteiger partial charge >= 0.3 is 0 Å². The summed E-state index contributed by atoms with van der Waals surface area (Å²) >= 11 is 0. The van der Waals surface area contributed by atoms with Crippen molar-refractivity contribution in [1.82, 2.24) is 4.90 Å². The number of carbonyl (C=O) groups excluding carboxylic acids is 1. The van der Waals surface area contributed by atoms with Gasteiger partial charge in [-0.3, -0.25) is 0 Å². The Hall–Kier alpha value is -0.370. The summed E-state index contributed by atoms with van der Waals surface area (Å²) in [5.74, 6) is 0.715. The molecule has 0 saturated carbocycles. The van der Waals surface area contributed by atoms with Crippen LogP contribution >= 0.6 is 0 Å². The van der Waals surface area contributed by atoms with Crippen molar-refractivity contribution in [1.29, 1.82) is 0 Å². The summed E-state index contributed by atoms with van der Waals surface area (Å²) in [4.78, 5) is 13.4. The van der Waals surface area contributed by atoms with E-state index >= 15 is 0 Å². The molecule has 0 rings (SSSR count). The van der Waals surface area contributed by atoms with Crippen LogP contribution in [0.5, 0.6) is 0 Å². The third kappa shape index (κ3) is 5.93. The maximum atomic E-state index is 11.1. The van der Waals surface area contributed by atoms with E-state index in [0.717, 1.165) is 32.2 Å². The van der Waals surface area contributed by atoms with Gasteiger partial charge in [-0.15, -0.1) is 0 Å². The minimum Gasteiger partial charge on any atom is -0.305 e. The van der Waals surface area contributed by atoms with Crippen LogP contribution in [0.4, 0.5) is 0 Å². The van der Waals surface area contributed by atoms with Gasteiger partial charge in [0.05, 0.1) is 0 Å². The molecular formula is C13H27NO. The number of nitrogens with zero attached hydrogens (tertiary/aromatic N) is 1. The Morgan fingerprint density at radius 1 is 1.40 bits per heavy atom. The van der Waals surface area contributed by atoms with Gasteiger partial charge in [0.25, 0.3) is 0 Å². The maximum absolute atomic E-state index is 11.1. The molecule has 0 aromatic carbocycles. The van der Waals surface area contributed by atoms with Crippen LogP contribution in [0.25, 0.3) is 0 Å². The zero-order valence-corrected chi connectivity index (χ0v) is 11.0. The van der Waals surface area contributed by atoms with E-state index in [9.17, 15) is 4.79 Å². The second kappa shape index (κ2) is 7.00. The molecule has 0 N–H and O–H groups in total. The number of hydrogen-bond donors (Lipinski definition) is 0. The van der Waals surface area contributed by atoms with E-state index < -0.39 is 0 Å². The standard InChI is InChI=1S/C13H27NO/c1-6-8-13(4,11-15)10-14(5)9-12(3)7-2/h11-12H,6-10H2,1-5H3. The lowest BCUT2D eigenvalue weighted by Crippen LogP contribution is -2.36. The highest BCUT2D eigenvalue weighted by Crippen LogP contribution is 2.21. The predicted octanol–water partition coefficient (Wildman–Crippen LogP) is 2.97. The fraction of sp³-hybridized carbons (Fsp3) is 0.923. The predicted molar refractivity (Wildman–Crippen MR) is 66.0 cm³/mol. The van der Waals surface area contributed by atoms with Gasteiger partial charge in [-0.05, 0) is 19.4 Å². The van der Waals surface area contributed by atoms with Crippen LogP contribution in [0.3, 0.4) is 0 Å². The van der Waals surface area contributed by atoms with Crippen molar-refractivity contribution in [3.8, 4) is 0 Å². The Morgan fingerprint density at radius 2 is 2.00 bits per heavy atom. The first-order valence-corrected chi connectivity index (χ1v) is 6.12. The Kier molecular flexibility index (Phi) is 6.82. The lowest BCUT2D eigenvalue weighted by atomic mass is 9.86. The highest BCUT2D eigenvalue weighted by atomic mass is 16.1. The fourth-order valence-electron chi connectivity index (χ4n) is 2.09. The first kappa shape index (κ1) is 14.6. The summed E-state index contributed by atoms with van der Waals surface area (Å²) in [6, 6.07) is 0. The van der Waals surface area contributed by atoms with Gasteiger partial charge in [0.15, 0.2) is 0 Å². The molecule has 0 aliphatic carbocycles. The lowest BCUT2D eigenvalue weighted by Gasteiger charge is -2.30. The molecule has 0 aliphatic rings. The van der Waals surface area contributed by atoms with E-state index in [2.05, 4.69) is 39.6 Å². The van der Waals surface area contributed by atoms with Crippen molar-refractivity contribution < 1.29 is 4.79 Å². The van der Waals surface area contributed by atoms with Gasteiger partial charge in [0, 0.05) is 18.5 Å². The SMILES string of the molecule is CCCC(C)(C=O)CN(C)CC(C)CC. The molecule has 0 amide bonds. The van der Waals surface area contributed by atoms with Crippen molar-refractivity contribution in [3.63, 3.8) is 0 Å². The smallest absolute Gasteiger partial charge is 0.127 e. The summed E-state index contributed by atoms with van der Waals surface area (Å²) < 4.78 is 0.